The molecule has 0 saturated carbocycles. The van der Waals surface area contributed by atoms with E-state index in [1.54, 1.807) is 25.4 Å². The van der Waals surface area contributed by atoms with Gasteiger partial charge in [-0.2, -0.15) is 4.98 Å². The average Bonchev–Trinajstić information content (AvgIpc) is 2.63. The van der Waals surface area contributed by atoms with E-state index in [9.17, 15) is 4.39 Å². The van der Waals surface area contributed by atoms with E-state index < -0.39 is 0 Å². The predicted octanol–water partition coefficient (Wildman–Crippen LogP) is 4.02. The Morgan fingerprint density at radius 3 is 2.80 bits per heavy atom. The number of para-hydroxylation sites is 2. The fourth-order valence-corrected chi connectivity index (χ4v) is 2.41. The molecule has 0 amide bonds. The number of nitrogens with one attached hydrogen (secondary N) is 2. The van der Waals surface area contributed by atoms with E-state index in [1.807, 2.05) is 30.3 Å². The Morgan fingerprint density at radius 2 is 1.96 bits per heavy atom. The largest absolute Gasteiger partial charge is 0.495 e. The molecule has 0 unspecified atom stereocenters. The highest BCUT2D eigenvalue weighted by molar-refractivity contribution is 5.62. The smallest absolute Gasteiger partial charge is 0.229 e. The van der Waals surface area contributed by atoms with E-state index in [0.29, 0.717) is 24.7 Å². The van der Waals surface area contributed by atoms with Crippen LogP contribution in [0.5, 0.6) is 5.75 Å². The molecule has 2 aromatic carbocycles. The monoisotopic (exact) mass is 338 g/mol. The van der Waals surface area contributed by atoms with Crippen LogP contribution in [-0.4, -0.2) is 23.6 Å². The summed E-state index contributed by atoms with van der Waals surface area (Å²) in [5, 5.41) is 6.37. The van der Waals surface area contributed by atoms with Gasteiger partial charge in [0.05, 0.1) is 12.8 Å². The number of halogens is 1. The molecule has 3 aromatic rings. The molecule has 0 saturated heterocycles. The van der Waals surface area contributed by atoms with Crippen molar-refractivity contribution in [2.24, 2.45) is 0 Å². The minimum atomic E-state index is -0.220. The van der Waals surface area contributed by atoms with Gasteiger partial charge in [-0.25, -0.2) is 9.37 Å². The van der Waals surface area contributed by atoms with Gasteiger partial charge in [0, 0.05) is 12.7 Å². The molecule has 0 spiro atoms. The third kappa shape index (κ3) is 4.67. The lowest BCUT2D eigenvalue weighted by Gasteiger charge is -2.11. The number of ether oxygens (including phenoxy) is 1. The van der Waals surface area contributed by atoms with Gasteiger partial charge in [-0.05, 0) is 42.3 Å². The van der Waals surface area contributed by atoms with Crippen LogP contribution in [0.15, 0.2) is 60.8 Å². The number of anilines is 3. The maximum absolute atomic E-state index is 13.2. The van der Waals surface area contributed by atoms with Gasteiger partial charge < -0.3 is 15.4 Å². The van der Waals surface area contributed by atoms with E-state index in [-0.39, 0.29) is 5.82 Å². The van der Waals surface area contributed by atoms with Crippen LogP contribution in [-0.2, 0) is 6.42 Å². The SMILES string of the molecule is COc1ccccc1Nc1nccc(NCCc2cccc(F)c2)n1. The lowest BCUT2D eigenvalue weighted by molar-refractivity contribution is 0.417. The summed E-state index contributed by atoms with van der Waals surface area (Å²) in [7, 11) is 1.62. The van der Waals surface area contributed by atoms with Gasteiger partial charge in [-0.15, -0.1) is 0 Å². The summed E-state index contributed by atoms with van der Waals surface area (Å²) >= 11 is 0. The van der Waals surface area contributed by atoms with Crippen molar-refractivity contribution in [3.8, 4) is 5.75 Å². The number of nitrogens with zero attached hydrogens (tertiary/aromatic N) is 2. The van der Waals surface area contributed by atoms with Crippen LogP contribution in [0.25, 0.3) is 0 Å². The van der Waals surface area contributed by atoms with Crippen LogP contribution in [0.1, 0.15) is 5.56 Å². The number of aromatic nitrogens is 2. The second kappa shape index (κ2) is 8.10. The fraction of sp³-hybridized carbons (Fsp3) is 0.158. The van der Waals surface area contributed by atoms with Crippen molar-refractivity contribution in [1.82, 2.24) is 9.97 Å². The summed E-state index contributed by atoms with van der Waals surface area (Å²) in [6.07, 6.45) is 2.38. The molecule has 0 bridgehead atoms. The number of hydrogen-bond donors (Lipinski definition) is 2. The lowest BCUT2D eigenvalue weighted by Crippen LogP contribution is -2.08. The molecule has 1 heterocycles. The summed E-state index contributed by atoms with van der Waals surface area (Å²) in [6, 6.07) is 16.0. The van der Waals surface area contributed by atoms with Crippen molar-refractivity contribution in [2.75, 3.05) is 24.3 Å². The molecule has 1 aromatic heterocycles. The quantitative estimate of drug-likeness (QED) is 0.681. The molecule has 0 fully saturated rings. The van der Waals surface area contributed by atoms with Crippen molar-refractivity contribution < 1.29 is 9.13 Å². The highest BCUT2D eigenvalue weighted by atomic mass is 19.1. The molecule has 6 heteroatoms. The zero-order valence-corrected chi connectivity index (χ0v) is 13.9. The van der Waals surface area contributed by atoms with E-state index in [4.69, 9.17) is 4.74 Å². The first-order chi connectivity index (χ1) is 12.2. The molecule has 128 valence electrons. The average molecular weight is 338 g/mol. The van der Waals surface area contributed by atoms with Crippen LogP contribution in [0.2, 0.25) is 0 Å². The summed E-state index contributed by atoms with van der Waals surface area (Å²) < 4.78 is 18.5. The zero-order chi connectivity index (χ0) is 17.5. The molecule has 0 aliphatic carbocycles. The minimum absolute atomic E-state index is 0.220. The Labute approximate surface area is 145 Å². The van der Waals surface area contributed by atoms with Crippen molar-refractivity contribution >= 4 is 17.5 Å². The summed E-state index contributed by atoms with van der Waals surface area (Å²) in [6.45, 7) is 0.647. The van der Waals surface area contributed by atoms with E-state index in [1.165, 1.54) is 12.1 Å². The van der Waals surface area contributed by atoms with Crippen LogP contribution in [0.3, 0.4) is 0 Å². The van der Waals surface area contributed by atoms with Gasteiger partial charge in [0.2, 0.25) is 5.95 Å². The van der Waals surface area contributed by atoms with Gasteiger partial charge in [0.15, 0.2) is 0 Å². The van der Waals surface area contributed by atoms with E-state index in [2.05, 4.69) is 20.6 Å². The molecule has 3 rings (SSSR count). The second-order valence-corrected chi connectivity index (χ2v) is 5.40. The van der Waals surface area contributed by atoms with Gasteiger partial charge in [0.25, 0.3) is 0 Å². The molecule has 0 aliphatic heterocycles. The highest BCUT2D eigenvalue weighted by Crippen LogP contribution is 2.25. The summed E-state index contributed by atoms with van der Waals surface area (Å²) in [5.41, 5.74) is 1.73. The first-order valence-electron chi connectivity index (χ1n) is 7.96. The molecule has 0 atom stereocenters. The van der Waals surface area contributed by atoms with E-state index >= 15 is 0 Å². The molecule has 2 N–H and O–H groups in total. The van der Waals surface area contributed by atoms with Crippen molar-refractivity contribution in [1.29, 1.82) is 0 Å². The Morgan fingerprint density at radius 1 is 1.08 bits per heavy atom. The molecular formula is C19H19FN4O. The standard InChI is InChI=1S/C19H19FN4O/c1-25-17-8-3-2-7-16(17)23-19-22-12-10-18(24-19)21-11-9-14-5-4-6-15(20)13-14/h2-8,10,12-13H,9,11H2,1H3,(H2,21,22,23,24). The van der Waals surface area contributed by atoms with Crippen LogP contribution in [0, 0.1) is 5.82 Å². The Bertz CT molecular complexity index is 841. The predicted molar refractivity (Wildman–Crippen MR) is 96.9 cm³/mol. The van der Waals surface area contributed by atoms with Crippen LogP contribution in [0.4, 0.5) is 21.8 Å². The first-order valence-corrected chi connectivity index (χ1v) is 7.96. The normalized spacial score (nSPS) is 10.3. The Balaban J connectivity index is 1.61. The fourth-order valence-electron chi connectivity index (χ4n) is 2.41. The van der Waals surface area contributed by atoms with E-state index in [0.717, 1.165) is 17.0 Å². The molecular weight excluding hydrogens is 319 g/mol. The van der Waals surface area contributed by atoms with Crippen molar-refractivity contribution in [3.05, 3.63) is 72.2 Å². The Kier molecular flexibility index (Phi) is 5.41. The zero-order valence-electron chi connectivity index (χ0n) is 13.9. The lowest BCUT2D eigenvalue weighted by atomic mass is 10.1. The third-order valence-electron chi connectivity index (χ3n) is 3.62. The van der Waals surface area contributed by atoms with Crippen molar-refractivity contribution in [2.45, 2.75) is 6.42 Å². The molecule has 25 heavy (non-hydrogen) atoms. The van der Waals surface area contributed by atoms with Crippen LogP contribution < -0.4 is 15.4 Å². The third-order valence-corrected chi connectivity index (χ3v) is 3.62. The van der Waals surface area contributed by atoms with Gasteiger partial charge >= 0.3 is 0 Å². The molecule has 0 radical (unpaired) electrons. The van der Waals surface area contributed by atoms with Gasteiger partial charge in [-0.1, -0.05) is 24.3 Å². The topological polar surface area (TPSA) is 59.1 Å². The molecule has 5 nitrogen and oxygen atoms in total. The number of rotatable bonds is 7. The van der Waals surface area contributed by atoms with Gasteiger partial charge in [-0.3, -0.25) is 0 Å². The minimum Gasteiger partial charge on any atom is -0.495 e. The number of benzene rings is 2. The van der Waals surface area contributed by atoms with Crippen molar-refractivity contribution in [3.63, 3.8) is 0 Å². The maximum Gasteiger partial charge on any atom is 0.229 e. The highest BCUT2D eigenvalue weighted by Gasteiger charge is 2.05. The summed E-state index contributed by atoms with van der Waals surface area (Å²) in [5.74, 6) is 1.67. The maximum atomic E-state index is 13.2. The molecule has 0 aliphatic rings. The second-order valence-electron chi connectivity index (χ2n) is 5.40. The number of methoxy groups -OCH3 is 1. The van der Waals surface area contributed by atoms with Crippen LogP contribution >= 0.6 is 0 Å². The first kappa shape index (κ1) is 16.7. The summed E-state index contributed by atoms with van der Waals surface area (Å²) in [4.78, 5) is 8.65. The van der Waals surface area contributed by atoms with Gasteiger partial charge in [0.1, 0.15) is 17.4 Å². The Hall–Kier alpha value is -3.15. The number of hydrogen-bond acceptors (Lipinski definition) is 5.